The number of aromatic nitrogens is 1. The number of pyridine rings is 1. The second-order valence-corrected chi connectivity index (χ2v) is 5.10. The highest BCUT2D eigenvalue weighted by Crippen LogP contribution is 2.34. The molecule has 98 valence electrons. The van der Waals surface area contributed by atoms with Gasteiger partial charge in [0.2, 0.25) is 0 Å². The Morgan fingerprint density at radius 1 is 1.11 bits per heavy atom. The highest BCUT2D eigenvalue weighted by molar-refractivity contribution is 5.73. The number of fused-ring (bicyclic) bond motifs is 1. The molecule has 0 saturated carbocycles. The summed E-state index contributed by atoms with van der Waals surface area (Å²) in [7, 11) is 0. The Morgan fingerprint density at radius 2 is 1.95 bits per heavy atom. The van der Waals surface area contributed by atoms with E-state index in [1.165, 1.54) is 24.1 Å². The molecule has 2 heterocycles. The predicted molar refractivity (Wildman–Crippen MR) is 79.8 cm³/mol. The van der Waals surface area contributed by atoms with Crippen LogP contribution in [0, 0.1) is 6.92 Å². The summed E-state index contributed by atoms with van der Waals surface area (Å²) in [5.41, 5.74) is 10.5. The Hall–Kier alpha value is -2.03. The van der Waals surface area contributed by atoms with Gasteiger partial charge in [0, 0.05) is 17.9 Å². The maximum Gasteiger partial charge on any atom is 0.156 e. The van der Waals surface area contributed by atoms with Gasteiger partial charge in [0.1, 0.15) is 0 Å². The Balaban J connectivity index is 2.11. The van der Waals surface area contributed by atoms with Crippen LogP contribution in [-0.4, -0.2) is 11.5 Å². The standard InChI is InChI=1S/C16H19N3/c1-12-9-10-14(17)16(18-12)19-11-5-4-7-13-6-2-3-8-15(13)19/h2-3,6,8-10H,4-5,7,11,17H2,1H3. The van der Waals surface area contributed by atoms with Gasteiger partial charge in [-0.15, -0.1) is 0 Å². The molecule has 2 N–H and O–H groups in total. The third-order valence-electron chi connectivity index (χ3n) is 3.66. The molecule has 0 fully saturated rings. The maximum absolute atomic E-state index is 6.12. The number of nitrogen functional groups attached to an aromatic ring is 1. The molecule has 1 aliphatic rings. The van der Waals surface area contributed by atoms with Crippen LogP contribution >= 0.6 is 0 Å². The molecular formula is C16H19N3. The molecule has 19 heavy (non-hydrogen) atoms. The summed E-state index contributed by atoms with van der Waals surface area (Å²) >= 11 is 0. The van der Waals surface area contributed by atoms with E-state index in [9.17, 15) is 0 Å². The first-order valence-electron chi connectivity index (χ1n) is 6.84. The van der Waals surface area contributed by atoms with Gasteiger partial charge in [-0.2, -0.15) is 0 Å². The SMILES string of the molecule is Cc1ccc(N)c(N2CCCCc3ccccc32)n1. The van der Waals surface area contributed by atoms with E-state index in [0.717, 1.165) is 30.2 Å². The molecule has 0 saturated heterocycles. The number of nitrogens with two attached hydrogens (primary N) is 1. The van der Waals surface area contributed by atoms with Crippen molar-refractivity contribution >= 4 is 17.2 Å². The van der Waals surface area contributed by atoms with Gasteiger partial charge < -0.3 is 10.6 Å². The van der Waals surface area contributed by atoms with E-state index in [1.54, 1.807) is 0 Å². The van der Waals surface area contributed by atoms with E-state index in [1.807, 2.05) is 19.1 Å². The van der Waals surface area contributed by atoms with E-state index in [0.29, 0.717) is 0 Å². The number of para-hydroxylation sites is 1. The molecule has 1 aromatic carbocycles. The lowest BCUT2D eigenvalue weighted by atomic mass is 10.1. The van der Waals surface area contributed by atoms with Crippen LogP contribution in [0.2, 0.25) is 0 Å². The van der Waals surface area contributed by atoms with Crippen molar-refractivity contribution in [1.29, 1.82) is 0 Å². The van der Waals surface area contributed by atoms with Crippen molar-refractivity contribution in [2.45, 2.75) is 26.2 Å². The number of aryl methyl sites for hydroxylation is 2. The van der Waals surface area contributed by atoms with Crippen LogP contribution < -0.4 is 10.6 Å². The van der Waals surface area contributed by atoms with E-state index in [-0.39, 0.29) is 0 Å². The van der Waals surface area contributed by atoms with Gasteiger partial charge >= 0.3 is 0 Å². The summed E-state index contributed by atoms with van der Waals surface area (Å²) in [5.74, 6) is 0.898. The molecule has 2 aromatic rings. The minimum Gasteiger partial charge on any atom is -0.396 e. The lowest BCUT2D eigenvalue weighted by Crippen LogP contribution is -2.20. The first-order valence-corrected chi connectivity index (χ1v) is 6.84. The van der Waals surface area contributed by atoms with Gasteiger partial charge in [0.05, 0.1) is 5.69 Å². The largest absolute Gasteiger partial charge is 0.396 e. The van der Waals surface area contributed by atoms with E-state index in [2.05, 4.69) is 34.1 Å². The number of anilines is 3. The smallest absolute Gasteiger partial charge is 0.156 e. The quantitative estimate of drug-likeness (QED) is 0.846. The summed E-state index contributed by atoms with van der Waals surface area (Å²) in [5, 5.41) is 0. The van der Waals surface area contributed by atoms with Gasteiger partial charge in [0.15, 0.2) is 5.82 Å². The highest BCUT2D eigenvalue weighted by atomic mass is 15.2. The van der Waals surface area contributed by atoms with Crippen molar-refractivity contribution in [2.75, 3.05) is 17.2 Å². The fraction of sp³-hybridized carbons (Fsp3) is 0.312. The van der Waals surface area contributed by atoms with Crippen LogP contribution in [0.25, 0.3) is 0 Å². The average Bonchev–Trinajstić information content (AvgIpc) is 2.64. The predicted octanol–water partition coefficient (Wildman–Crippen LogP) is 3.45. The van der Waals surface area contributed by atoms with Crippen molar-refractivity contribution in [3.8, 4) is 0 Å². The lowest BCUT2D eigenvalue weighted by Gasteiger charge is -2.25. The number of nitrogens with zero attached hydrogens (tertiary/aromatic N) is 2. The monoisotopic (exact) mass is 253 g/mol. The average molecular weight is 253 g/mol. The first kappa shape index (κ1) is 12.0. The molecule has 0 unspecified atom stereocenters. The number of hydrogen-bond acceptors (Lipinski definition) is 3. The minimum atomic E-state index is 0.752. The molecule has 1 aliphatic heterocycles. The lowest BCUT2D eigenvalue weighted by molar-refractivity contribution is 0.757. The molecular weight excluding hydrogens is 234 g/mol. The van der Waals surface area contributed by atoms with Crippen molar-refractivity contribution < 1.29 is 0 Å². The zero-order chi connectivity index (χ0) is 13.2. The van der Waals surface area contributed by atoms with Crippen molar-refractivity contribution in [3.63, 3.8) is 0 Å². The fourth-order valence-corrected chi connectivity index (χ4v) is 2.68. The number of rotatable bonds is 1. The molecule has 0 radical (unpaired) electrons. The van der Waals surface area contributed by atoms with Gasteiger partial charge in [-0.05, 0) is 49.9 Å². The second-order valence-electron chi connectivity index (χ2n) is 5.10. The zero-order valence-electron chi connectivity index (χ0n) is 11.3. The fourth-order valence-electron chi connectivity index (χ4n) is 2.68. The van der Waals surface area contributed by atoms with Crippen molar-refractivity contribution in [1.82, 2.24) is 4.98 Å². The third kappa shape index (κ3) is 2.28. The van der Waals surface area contributed by atoms with Crippen LogP contribution in [0.15, 0.2) is 36.4 Å². The summed E-state index contributed by atoms with van der Waals surface area (Å²) in [6, 6.07) is 12.5. The number of hydrogen-bond donors (Lipinski definition) is 1. The molecule has 0 aliphatic carbocycles. The Kier molecular flexibility index (Phi) is 3.11. The molecule has 0 atom stereocenters. The van der Waals surface area contributed by atoms with E-state index in [4.69, 9.17) is 5.73 Å². The zero-order valence-corrected chi connectivity index (χ0v) is 11.3. The van der Waals surface area contributed by atoms with Crippen molar-refractivity contribution in [2.24, 2.45) is 0 Å². The number of benzene rings is 1. The van der Waals surface area contributed by atoms with Crippen LogP contribution in [-0.2, 0) is 6.42 Å². The van der Waals surface area contributed by atoms with E-state index < -0.39 is 0 Å². The Bertz CT molecular complexity index is 592. The molecule has 0 bridgehead atoms. The van der Waals surface area contributed by atoms with Crippen LogP contribution in [0.4, 0.5) is 17.2 Å². The molecule has 1 aromatic heterocycles. The molecule has 3 rings (SSSR count). The highest BCUT2D eigenvalue weighted by Gasteiger charge is 2.19. The molecule has 3 nitrogen and oxygen atoms in total. The van der Waals surface area contributed by atoms with Crippen molar-refractivity contribution in [3.05, 3.63) is 47.7 Å². The molecule has 0 spiro atoms. The second kappa shape index (κ2) is 4.92. The first-order chi connectivity index (χ1) is 9.25. The third-order valence-corrected chi connectivity index (χ3v) is 3.66. The Labute approximate surface area is 114 Å². The molecule has 3 heteroatoms. The Morgan fingerprint density at radius 3 is 2.84 bits per heavy atom. The minimum absolute atomic E-state index is 0.752. The van der Waals surface area contributed by atoms with Gasteiger partial charge in [-0.3, -0.25) is 0 Å². The molecule has 0 amide bonds. The van der Waals surface area contributed by atoms with Crippen LogP contribution in [0.1, 0.15) is 24.1 Å². The summed E-state index contributed by atoms with van der Waals surface area (Å²) in [6.45, 7) is 2.99. The normalized spacial score (nSPS) is 14.9. The van der Waals surface area contributed by atoms with Crippen LogP contribution in [0.5, 0.6) is 0 Å². The summed E-state index contributed by atoms with van der Waals surface area (Å²) in [4.78, 5) is 6.91. The maximum atomic E-state index is 6.12. The van der Waals surface area contributed by atoms with Gasteiger partial charge in [0.25, 0.3) is 0 Å². The van der Waals surface area contributed by atoms with Gasteiger partial charge in [-0.1, -0.05) is 18.2 Å². The summed E-state index contributed by atoms with van der Waals surface area (Å²) in [6.07, 6.45) is 3.53. The van der Waals surface area contributed by atoms with Gasteiger partial charge in [-0.25, -0.2) is 4.98 Å². The van der Waals surface area contributed by atoms with Crippen LogP contribution in [0.3, 0.4) is 0 Å². The topological polar surface area (TPSA) is 42.1 Å². The van der Waals surface area contributed by atoms with E-state index >= 15 is 0 Å². The summed E-state index contributed by atoms with van der Waals surface area (Å²) < 4.78 is 0.